The second-order valence-electron chi connectivity index (χ2n) is 6.68. The predicted octanol–water partition coefficient (Wildman–Crippen LogP) is 5.94. The van der Waals surface area contributed by atoms with Crippen LogP contribution in [0.25, 0.3) is 0 Å². The SMILES string of the molecule is CCCCCCCCCCCCCCC[n+]1cccc(C#N)c1. The first-order valence-corrected chi connectivity index (χ1v) is 9.76. The van der Waals surface area contributed by atoms with Crippen LogP contribution in [0.1, 0.15) is 96.0 Å². The molecule has 1 rings (SSSR count). The molecule has 0 aliphatic heterocycles. The minimum absolute atomic E-state index is 0.752. The van der Waals surface area contributed by atoms with Crippen molar-refractivity contribution in [1.29, 1.82) is 5.26 Å². The van der Waals surface area contributed by atoms with Gasteiger partial charge in [0.15, 0.2) is 12.4 Å². The van der Waals surface area contributed by atoms with Gasteiger partial charge in [-0.2, -0.15) is 5.26 Å². The van der Waals surface area contributed by atoms with Crippen molar-refractivity contribution >= 4 is 0 Å². The van der Waals surface area contributed by atoms with E-state index in [1.165, 1.54) is 83.5 Å². The normalized spacial score (nSPS) is 10.6. The Balaban J connectivity index is 1.85. The van der Waals surface area contributed by atoms with E-state index >= 15 is 0 Å². The zero-order valence-corrected chi connectivity index (χ0v) is 15.1. The van der Waals surface area contributed by atoms with Gasteiger partial charge in [0.25, 0.3) is 0 Å². The van der Waals surface area contributed by atoms with E-state index < -0.39 is 0 Å². The lowest BCUT2D eigenvalue weighted by atomic mass is 10.0. The third-order valence-electron chi connectivity index (χ3n) is 4.51. The summed E-state index contributed by atoms with van der Waals surface area (Å²) < 4.78 is 2.14. The minimum Gasteiger partial charge on any atom is -0.204 e. The van der Waals surface area contributed by atoms with E-state index in [0.717, 1.165) is 12.1 Å². The molecule has 1 aromatic heterocycles. The Kier molecular flexibility index (Phi) is 12.2. The highest BCUT2D eigenvalue weighted by Gasteiger charge is 2.01. The van der Waals surface area contributed by atoms with Crippen molar-refractivity contribution in [3.05, 3.63) is 30.1 Å². The maximum absolute atomic E-state index is 8.88. The Morgan fingerprint density at radius 1 is 0.826 bits per heavy atom. The number of nitriles is 1. The molecule has 0 saturated heterocycles. The van der Waals surface area contributed by atoms with E-state index in [9.17, 15) is 0 Å². The van der Waals surface area contributed by atoms with Crippen molar-refractivity contribution in [1.82, 2.24) is 0 Å². The Labute approximate surface area is 143 Å². The molecule has 128 valence electrons. The maximum Gasteiger partial charge on any atom is 0.186 e. The van der Waals surface area contributed by atoms with Crippen LogP contribution < -0.4 is 4.57 Å². The number of pyridine rings is 1. The molecule has 1 aromatic rings. The molecule has 0 N–H and O–H groups in total. The van der Waals surface area contributed by atoms with E-state index in [2.05, 4.69) is 23.8 Å². The molecule has 2 heteroatoms. The monoisotopic (exact) mass is 315 g/mol. The van der Waals surface area contributed by atoms with Crippen molar-refractivity contribution in [3.8, 4) is 6.07 Å². The molecule has 0 bridgehead atoms. The van der Waals surface area contributed by atoms with E-state index in [0.29, 0.717) is 0 Å². The number of unbranched alkanes of at least 4 members (excludes halogenated alkanes) is 12. The molecule has 0 unspecified atom stereocenters. The number of nitrogens with zero attached hydrogens (tertiary/aromatic N) is 2. The van der Waals surface area contributed by atoms with Crippen LogP contribution in [0, 0.1) is 11.3 Å². The molecule has 0 amide bonds. The van der Waals surface area contributed by atoms with Gasteiger partial charge >= 0.3 is 0 Å². The Morgan fingerprint density at radius 2 is 1.35 bits per heavy atom. The highest BCUT2D eigenvalue weighted by molar-refractivity contribution is 5.21. The van der Waals surface area contributed by atoms with Gasteiger partial charge in [-0.1, -0.05) is 77.6 Å². The summed E-state index contributed by atoms with van der Waals surface area (Å²) in [5.41, 5.74) is 0.752. The topological polar surface area (TPSA) is 27.7 Å². The summed E-state index contributed by atoms with van der Waals surface area (Å²) in [5, 5.41) is 8.88. The number of hydrogen-bond acceptors (Lipinski definition) is 1. The molecular weight excluding hydrogens is 280 g/mol. The van der Waals surface area contributed by atoms with Gasteiger partial charge in [0.2, 0.25) is 0 Å². The minimum atomic E-state index is 0.752. The largest absolute Gasteiger partial charge is 0.204 e. The Morgan fingerprint density at radius 3 is 1.87 bits per heavy atom. The second kappa shape index (κ2) is 14.2. The van der Waals surface area contributed by atoms with Crippen molar-refractivity contribution in [2.24, 2.45) is 0 Å². The molecule has 0 fully saturated rings. The standard InChI is InChI=1S/C21H35N2/c1-2-3-4-5-6-7-8-9-10-11-12-13-14-17-23-18-15-16-21(19-22)20-23/h15-16,18,20H,2-14,17H2,1H3/q+1. The second-order valence-corrected chi connectivity index (χ2v) is 6.68. The van der Waals surface area contributed by atoms with E-state index in [4.69, 9.17) is 5.26 Å². The summed E-state index contributed by atoms with van der Waals surface area (Å²) in [7, 11) is 0. The fourth-order valence-corrected chi connectivity index (χ4v) is 3.04. The van der Waals surface area contributed by atoms with Crippen LogP contribution >= 0.6 is 0 Å². The van der Waals surface area contributed by atoms with Crippen LogP contribution in [0.4, 0.5) is 0 Å². The average molecular weight is 316 g/mol. The van der Waals surface area contributed by atoms with Crippen molar-refractivity contribution in [2.75, 3.05) is 0 Å². The average Bonchev–Trinajstić information content (AvgIpc) is 2.59. The summed E-state index contributed by atoms with van der Waals surface area (Å²) in [6, 6.07) is 6.02. The first-order chi connectivity index (χ1) is 11.4. The van der Waals surface area contributed by atoms with Crippen LogP contribution in [0.3, 0.4) is 0 Å². The zero-order chi connectivity index (χ0) is 16.6. The lowest BCUT2D eigenvalue weighted by Crippen LogP contribution is -2.32. The molecule has 23 heavy (non-hydrogen) atoms. The fraction of sp³-hybridized carbons (Fsp3) is 0.714. The quantitative estimate of drug-likeness (QED) is 0.308. The molecule has 0 spiro atoms. The zero-order valence-electron chi connectivity index (χ0n) is 15.1. The molecule has 1 heterocycles. The first kappa shape index (κ1) is 19.7. The molecule has 0 aromatic carbocycles. The van der Waals surface area contributed by atoms with Crippen LogP contribution in [-0.2, 0) is 6.54 Å². The van der Waals surface area contributed by atoms with Crippen LogP contribution in [0.5, 0.6) is 0 Å². The summed E-state index contributed by atoms with van der Waals surface area (Å²) >= 11 is 0. The lowest BCUT2D eigenvalue weighted by Gasteiger charge is -2.02. The summed E-state index contributed by atoms with van der Waals surface area (Å²) in [6.45, 7) is 3.31. The van der Waals surface area contributed by atoms with Crippen LogP contribution in [0.15, 0.2) is 24.5 Å². The van der Waals surface area contributed by atoms with Gasteiger partial charge in [-0.05, 0) is 12.5 Å². The van der Waals surface area contributed by atoms with Crippen LogP contribution in [-0.4, -0.2) is 0 Å². The van der Waals surface area contributed by atoms with Crippen molar-refractivity contribution in [3.63, 3.8) is 0 Å². The van der Waals surface area contributed by atoms with Crippen molar-refractivity contribution < 1.29 is 4.57 Å². The molecule has 0 aliphatic carbocycles. The van der Waals surface area contributed by atoms with Gasteiger partial charge in [-0.3, -0.25) is 0 Å². The molecule has 0 saturated carbocycles. The Bertz CT molecular complexity index is 434. The third-order valence-corrected chi connectivity index (χ3v) is 4.51. The highest BCUT2D eigenvalue weighted by Crippen LogP contribution is 2.12. The number of hydrogen-bond donors (Lipinski definition) is 0. The van der Waals surface area contributed by atoms with Crippen LogP contribution in [0.2, 0.25) is 0 Å². The molecule has 0 aliphatic rings. The summed E-state index contributed by atoms with van der Waals surface area (Å²) in [4.78, 5) is 0. The maximum atomic E-state index is 8.88. The van der Waals surface area contributed by atoms with Gasteiger partial charge in [0.1, 0.15) is 18.2 Å². The molecule has 0 radical (unpaired) electrons. The van der Waals surface area contributed by atoms with Gasteiger partial charge < -0.3 is 0 Å². The predicted molar refractivity (Wildman–Crippen MR) is 97.0 cm³/mol. The number of aromatic nitrogens is 1. The third kappa shape index (κ3) is 10.9. The fourth-order valence-electron chi connectivity index (χ4n) is 3.04. The number of aryl methyl sites for hydroxylation is 1. The van der Waals surface area contributed by atoms with Gasteiger partial charge in [-0.25, -0.2) is 4.57 Å². The Hall–Kier alpha value is -1.36. The smallest absolute Gasteiger partial charge is 0.186 e. The van der Waals surface area contributed by atoms with Gasteiger partial charge in [-0.15, -0.1) is 0 Å². The molecule has 2 nitrogen and oxygen atoms in total. The molecule has 0 atom stereocenters. The van der Waals surface area contributed by atoms with E-state index in [-0.39, 0.29) is 0 Å². The highest BCUT2D eigenvalue weighted by atomic mass is 14.9. The van der Waals surface area contributed by atoms with Crippen molar-refractivity contribution in [2.45, 2.75) is 96.9 Å². The summed E-state index contributed by atoms with van der Waals surface area (Å²) in [5.74, 6) is 0. The van der Waals surface area contributed by atoms with Gasteiger partial charge in [0.05, 0.1) is 0 Å². The molecular formula is C21H35N2+. The van der Waals surface area contributed by atoms with E-state index in [1.54, 1.807) is 0 Å². The van der Waals surface area contributed by atoms with Gasteiger partial charge in [0, 0.05) is 12.5 Å². The first-order valence-electron chi connectivity index (χ1n) is 9.76. The summed E-state index contributed by atoms with van der Waals surface area (Å²) in [6.07, 6.45) is 22.1. The number of rotatable bonds is 14. The van der Waals surface area contributed by atoms with E-state index in [1.807, 2.05) is 18.3 Å². The lowest BCUT2D eigenvalue weighted by molar-refractivity contribution is -0.697.